The van der Waals surface area contributed by atoms with Crippen LogP contribution in [-0.4, -0.2) is 6.04 Å². The largest absolute Gasteiger partial charge is 0.296 e. The van der Waals surface area contributed by atoms with E-state index in [0.29, 0.717) is 5.56 Å². The summed E-state index contributed by atoms with van der Waals surface area (Å²) >= 11 is 0. The maximum absolute atomic E-state index is 12.9. The molecule has 0 fully saturated rings. The quantitative estimate of drug-likeness (QED) is 0.832. The van der Waals surface area contributed by atoms with Crippen LogP contribution >= 0.6 is 0 Å². The first kappa shape index (κ1) is 11.6. The van der Waals surface area contributed by atoms with E-state index in [2.05, 4.69) is 5.32 Å². The Bertz CT molecular complexity index is 383. The summed E-state index contributed by atoms with van der Waals surface area (Å²) in [5.74, 6) is -1.83. The topological polar surface area (TPSA) is 35.8 Å². The lowest BCUT2D eigenvalue weighted by Gasteiger charge is -2.14. The molecule has 15 heavy (non-hydrogen) atoms. The summed E-state index contributed by atoms with van der Waals surface area (Å²) in [5, 5.41) is 11.8. The molecule has 0 aliphatic rings. The number of hydrogen-bond donors (Lipinski definition) is 1. The van der Waals surface area contributed by atoms with Gasteiger partial charge in [0.15, 0.2) is 11.6 Å². The Morgan fingerprint density at radius 3 is 2.40 bits per heavy atom. The van der Waals surface area contributed by atoms with Gasteiger partial charge in [-0.2, -0.15) is 5.26 Å². The van der Waals surface area contributed by atoms with E-state index in [-0.39, 0.29) is 6.04 Å². The zero-order chi connectivity index (χ0) is 11.4. The molecule has 0 saturated carbocycles. The zero-order valence-corrected chi connectivity index (χ0v) is 8.59. The summed E-state index contributed by atoms with van der Waals surface area (Å²) in [6.45, 7) is 3.76. The third-order valence-electron chi connectivity index (χ3n) is 1.91. The Morgan fingerprint density at radius 2 is 1.93 bits per heavy atom. The maximum atomic E-state index is 12.9. The second-order valence-corrected chi connectivity index (χ2v) is 3.56. The highest BCUT2D eigenvalue weighted by atomic mass is 19.2. The number of rotatable bonds is 3. The minimum Gasteiger partial charge on any atom is -0.296 e. The summed E-state index contributed by atoms with van der Waals surface area (Å²) in [6, 6.07) is 4.95. The van der Waals surface area contributed by atoms with Crippen molar-refractivity contribution in [2.75, 3.05) is 0 Å². The number of hydrogen-bond acceptors (Lipinski definition) is 2. The van der Waals surface area contributed by atoms with Crippen molar-refractivity contribution in [1.29, 1.82) is 5.26 Å². The molecule has 80 valence electrons. The normalized spacial score (nSPS) is 12.5. The number of nitrogens with one attached hydrogen (secondary N) is 1. The van der Waals surface area contributed by atoms with Gasteiger partial charge in [0.1, 0.15) is 6.04 Å². The van der Waals surface area contributed by atoms with Crippen LogP contribution in [0.2, 0.25) is 0 Å². The highest BCUT2D eigenvalue weighted by molar-refractivity contribution is 5.25. The number of benzene rings is 1. The summed E-state index contributed by atoms with van der Waals surface area (Å²) < 4.78 is 25.6. The minimum absolute atomic E-state index is 0.0998. The molecule has 0 aliphatic carbocycles. The molecule has 0 aliphatic heterocycles. The van der Waals surface area contributed by atoms with Crippen LogP contribution in [0.1, 0.15) is 25.5 Å². The first-order chi connectivity index (χ1) is 7.04. The number of halogens is 2. The second kappa shape index (κ2) is 4.85. The van der Waals surface area contributed by atoms with Crippen molar-refractivity contribution >= 4 is 0 Å². The second-order valence-electron chi connectivity index (χ2n) is 3.56. The third kappa shape index (κ3) is 3.00. The van der Waals surface area contributed by atoms with Gasteiger partial charge >= 0.3 is 0 Å². The minimum atomic E-state index is -0.932. The lowest BCUT2D eigenvalue weighted by molar-refractivity contribution is 0.500. The van der Waals surface area contributed by atoms with Gasteiger partial charge in [0, 0.05) is 6.04 Å². The molecule has 0 radical (unpaired) electrons. The first-order valence-electron chi connectivity index (χ1n) is 4.65. The van der Waals surface area contributed by atoms with Crippen molar-refractivity contribution < 1.29 is 8.78 Å². The molecule has 0 aromatic heterocycles. The van der Waals surface area contributed by atoms with Crippen LogP contribution in [0.3, 0.4) is 0 Å². The van der Waals surface area contributed by atoms with Gasteiger partial charge in [0.25, 0.3) is 0 Å². The molecule has 0 spiro atoms. The van der Waals surface area contributed by atoms with E-state index in [1.54, 1.807) is 0 Å². The van der Waals surface area contributed by atoms with Crippen LogP contribution in [0, 0.1) is 23.0 Å². The zero-order valence-electron chi connectivity index (χ0n) is 8.59. The van der Waals surface area contributed by atoms with Crippen LogP contribution in [0.4, 0.5) is 8.78 Å². The predicted molar refractivity (Wildman–Crippen MR) is 53.0 cm³/mol. The maximum Gasteiger partial charge on any atom is 0.159 e. The first-order valence-corrected chi connectivity index (χ1v) is 4.65. The van der Waals surface area contributed by atoms with Crippen LogP contribution in [-0.2, 0) is 0 Å². The summed E-state index contributed by atoms with van der Waals surface area (Å²) in [6.07, 6.45) is 0. The van der Waals surface area contributed by atoms with Crippen LogP contribution in [0.25, 0.3) is 0 Å². The average Bonchev–Trinajstić information content (AvgIpc) is 2.18. The van der Waals surface area contributed by atoms with Gasteiger partial charge in [-0.3, -0.25) is 5.32 Å². The van der Waals surface area contributed by atoms with Gasteiger partial charge in [-0.05, 0) is 31.5 Å². The van der Waals surface area contributed by atoms with E-state index in [1.807, 2.05) is 19.9 Å². The van der Waals surface area contributed by atoms with Gasteiger partial charge < -0.3 is 0 Å². The molecule has 1 aromatic carbocycles. The molecule has 4 heteroatoms. The predicted octanol–water partition coefficient (Wildman–Crippen LogP) is 2.53. The van der Waals surface area contributed by atoms with Crippen molar-refractivity contribution in [2.24, 2.45) is 0 Å². The summed E-state index contributed by atoms with van der Waals surface area (Å²) in [7, 11) is 0. The molecule has 0 heterocycles. The lowest BCUT2D eigenvalue weighted by atomic mass is 10.1. The van der Waals surface area contributed by atoms with E-state index in [1.165, 1.54) is 6.07 Å². The molecule has 1 unspecified atom stereocenters. The van der Waals surface area contributed by atoms with E-state index < -0.39 is 17.7 Å². The van der Waals surface area contributed by atoms with Crippen LogP contribution in [0.15, 0.2) is 18.2 Å². The fourth-order valence-corrected chi connectivity index (χ4v) is 1.23. The fourth-order valence-electron chi connectivity index (χ4n) is 1.23. The molecule has 0 bridgehead atoms. The number of nitrogens with zero attached hydrogens (tertiary/aromatic N) is 1. The van der Waals surface area contributed by atoms with Gasteiger partial charge in [-0.25, -0.2) is 8.78 Å². The van der Waals surface area contributed by atoms with E-state index in [0.717, 1.165) is 12.1 Å². The monoisotopic (exact) mass is 210 g/mol. The van der Waals surface area contributed by atoms with E-state index in [4.69, 9.17) is 5.26 Å². The molecule has 0 saturated heterocycles. The highest BCUT2D eigenvalue weighted by Crippen LogP contribution is 2.16. The molecule has 1 atom stereocenters. The summed E-state index contributed by atoms with van der Waals surface area (Å²) in [4.78, 5) is 0. The smallest absolute Gasteiger partial charge is 0.159 e. The molecule has 1 rings (SSSR count). The van der Waals surface area contributed by atoms with Crippen LogP contribution in [0.5, 0.6) is 0 Å². The number of nitriles is 1. The Balaban J connectivity index is 2.94. The SMILES string of the molecule is CC(C)NC(C#N)c1ccc(F)c(F)c1. The molecule has 0 amide bonds. The van der Waals surface area contributed by atoms with Crippen LogP contribution < -0.4 is 5.32 Å². The van der Waals surface area contributed by atoms with E-state index in [9.17, 15) is 8.78 Å². The molecule has 1 N–H and O–H groups in total. The van der Waals surface area contributed by atoms with Crippen molar-refractivity contribution in [1.82, 2.24) is 5.32 Å². The Labute approximate surface area is 87.5 Å². The Morgan fingerprint density at radius 1 is 1.27 bits per heavy atom. The van der Waals surface area contributed by atoms with Crippen molar-refractivity contribution in [3.63, 3.8) is 0 Å². The lowest BCUT2D eigenvalue weighted by Crippen LogP contribution is -2.27. The molecular formula is C11H12F2N2. The Kier molecular flexibility index (Phi) is 3.75. The van der Waals surface area contributed by atoms with Gasteiger partial charge in [-0.1, -0.05) is 6.07 Å². The van der Waals surface area contributed by atoms with Crippen molar-refractivity contribution in [3.05, 3.63) is 35.4 Å². The van der Waals surface area contributed by atoms with Crippen molar-refractivity contribution in [3.8, 4) is 6.07 Å². The molecular weight excluding hydrogens is 198 g/mol. The summed E-state index contributed by atoms with van der Waals surface area (Å²) in [5.41, 5.74) is 0.435. The Hall–Kier alpha value is -1.47. The van der Waals surface area contributed by atoms with Crippen molar-refractivity contribution in [2.45, 2.75) is 25.9 Å². The van der Waals surface area contributed by atoms with Gasteiger partial charge in [-0.15, -0.1) is 0 Å². The average molecular weight is 210 g/mol. The third-order valence-corrected chi connectivity index (χ3v) is 1.91. The highest BCUT2D eigenvalue weighted by Gasteiger charge is 2.13. The van der Waals surface area contributed by atoms with Gasteiger partial charge in [0.2, 0.25) is 0 Å². The van der Waals surface area contributed by atoms with E-state index >= 15 is 0 Å². The molecule has 1 aromatic rings. The van der Waals surface area contributed by atoms with Gasteiger partial charge in [0.05, 0.1) is 6.07 Å². The molecule has 2 nitrogen and oxygen atoms in total. The standard InChI is InChI=1S/C11H12F2N2/c1-7(2)15-11(6-14)8-3-4-9(12)10(13)5-8/h3-5,7,11,15H,1-2H3. The fraction of sp³-hybridized carbons (Fsp3) is 0.364.